The van der Waals surface area contributed by atoms with Gasteiger partial charge in [0.05, 0.1) is 6.54 Å². The van der Waals surface area contributed by atoms with Crippen molar-refractivity contribution in [2.75, 3.05) is 6.54 Å². The van der Waals surface area contributed by atoms with Gasteiger partial charge in [0.1, 0.15) is 5.54 Å². The predicted octanol–water partition coefficient (Wildman–Crippen LogP) is 4.61. The summed E-state index contributed by atoms with van der Waals surface area (Å²) >= 11 is 1.62. The zero-order valence-electron chi connectivity index (χ0n) is 19.4. The smallest absolute Gasteiger partial charge is 0.319 e. The molecular formula is C27H27N3O3S. The monoisotopic (exact) mass is 473 g/mol. The van der Waals surface area contributed by atoms with Crippen LogP contribution in [0.4, 0.5) is 4.79 Å². The third kappa shape index (κ3) is 3.03. The molecule has 3 aromatic rings. The molecule has 0 radical (unpaired) electrons. The first-order valence-corrected chi connectivity index (χ1v) is 12.8. The minimum absolute atomic E-state index is 0.220. The van der Waals surface area contributed by atoms with Crippen LogP contribution >= 0.6 is 11.3 Å². The highest BCUT2D eigenvalue weighted by molar-refractivity contribution is 7.10. The average molecular weight is 474 g/mol. The van der Waals surface area contributed by atoms with E-state index in [1.807, 2.05) is 31.4 Å². The summed E-state index contributed by atoms with van der Waals surface area (Å²) in [7, 11) is 0. The molecule has 1 fully saturated rings. The summed E-state index contributed by atoms with van der Waals surface area (Å²) in [5.41, 5.74) is 6.06. The van der Waals surface area contributed by atoms with E-state index in [0.717, 1.165) is 58.1 Å². The van der Waals surface area contributed by atoms with Gasteiger partial charge in [-0.15, -0.1) is 11.3 Å². The lowest BCUT2D eigenvalue weighted by Gasteiger charge is -2.31. The molecule has 34 heavy (non-hydrogen) atoms. The van der Waals surface area contributed by atoms with Gasteiger partial charge < -0.3 is 9.88 Å². The fraction of sp³-hybridized carbons (Fsp3) is 0.370. The Morgan fingerprint density at radius 1 is 1.06 bits per heavy atom. The van der Waals surface area contributed by atoms with E-state index in [1.54, 1.807) is 11.3 Å². The molecule has 1 N–H and O–H groups in total. The molecule has 1 spiro atoms. The number of nitrogens with zero attached hydrogens (tertiary/aromatic N) is 2. The number of imide groups is 1. The number of fused-ring (bicyclic) bond motifs is 3. The van der Waals surface area contributed by atoms with Gasteiger partial charge in [0.15, 0.2) is 5.78 Å². The van der Waals surface area contributed by atoms with Gasteiger partial charge in [-0.05, 0) is 93.1 Å². The standard InChI is InChI=1S/C27H27N3O3S/c1-16-13-21(17(2)30(16)20-9-8-18-5-3-6-19(18)14-20)23(31)15-29-25(32)27(28-26(29)33)11-4-7-24-22(27)10-12-34-24/h8-10,12-14H,3-7,11,15H2,1-2H3,(H,28,33)/t27-/m1/s1. The number of benzene rings is 1. The summed E-state index contributed by atoms with van der Waals surface area (Å²) in [6, 6.07) is 9.85. The van der Waals surface area contributed by atoms with Crippen LogP contribution in [-0.2, 0) is 29.6 Å². The van der Waals surface area contributed by atoms with Gasteiger partial charge in [-0.2, -0.15) is 0 Å². The van der Waals surface area contributed by atoms with Crippen molar-refractivity contribution in [3.8, 4) is 5.69 Å². The molecule has 0 unspecified atom stereocenters. The van der Waals surface area contributed by atoms with Crippen molar-refractivity contribution < 1.29 is 14.4 Å². The van der Waals surface area contributed by atoms with Crippen LogP contribution in [0.3, 0.4) is 0 Å². The van der Waals surface area contributed by atoms with Crippen molar-refractivity contribution in [1.29, 1.82) is 0 Å². The van der Waals surface area contributed by atoms with Crippen molar-refractivity contribution in [3.63, 3.8) is 0 Å². The number of Topliss-reactive ketones (excluding diaryl/α,β-unsaturated/α-hetero) is 1. The Hall–Kier alpha value is -3.19. The Kier molecular flexibility index (Phi) is 4.81. The number of carbonyl (C=O) groups excluding carboxylic acids is 3. The summed E-state index contributed by atoms with van der Waals surface area (Å²) in [5, 5.41) is 4.91. The Labute approximate surface area is 202 Å². The summed E-state index contributed by atoms with van der Waals surface area (Å²) < 4.78 is 2.10. The fourth-order valence-electron chi connectivity index (χ4n) is 6.05. The number of nitrogens with one attached hydrogen (secondary N) is 1. The highest BCUT2D eigenvalue weighted by Crippen LogP contribution is 2.42. The normalized spacial score (nSPS) is 21.2. The number of hydrogen-bond acceptors (Lipinski definition) is 4. The lowest BCUT2D eigenvalue weighted by Crippen LogP contribution is -2.46. The number of amides is 3. The highest BCUT2D eigenvalue weighted by Gasteiger charge is 2.54. The molecule has 174 valence electrons. The first-order chi connectivity index (χ1) is 16.4. The molecule has 7 heteroatoms. The second-order valence-corrected chi connectivity index (χ2v) is 10.7. The topological polar surface area (TPSA) is 71.4 Å². The summed E-state index contributed by atoms with van der Waals surface area (Å²) in [6.45, 7) is 3.67. The highest BCUT2D eigenvalue weighted by atomic mass is 32.1. The van der Waals surface area contributed by atoms with Crippen molar-refractivity contribution in [2.24, 2.45) is 0 Å². The van der Waals surface area contributed by atoms with Crippen molar-refractivity contribution in [3.05, 3.63) is 74.2 Å². The first kappa shape index (κ1) is 21.4. The van der Waals surface area contributed by atoms with Crippen molar-refractivity contribution in [2.45, 2.75) is 57.9 Å². The number of ketones is 1. The number of carbonyl (C=O) groups is 3. The van der Waals surface area contributed by atoms with Crippen LogP contribution in [0, 0.1) is 13.8 Å². The van der Waals surface area contributed by atoms with Crippen LogP contribution in [0.25, 0.3) is 5.69 Å². The van der Waals surface area contributed by atoms with Crippen LogP contribution in [0.2, 0.25) is 0 Å². The molecule has 1 saturated heterocycles. The van der Waals surface area contributed by atoms with Gasteiger partial charge in [0.2, 0.25) is 0 Å². The molecule has 6 rings (SSSR count). The molecule has 0 bridgehead atoms. The third-order valence-electron chi connectivity index (χ3n) is 7.71. The van der Waals surface area contributed by atoms with E-state index in [9.17, 15) is 14.4 Å². The molecule has 2 aliphatic carbocycles. The van der Waals surface area contributed by atoms with E-state index in [4.69, 9.17) is 0 Å². The Morgan fingerprint density at radius 3 is 2.74 bits per heavy atom. The Balaban J connectivity index is 1.29. The average Bonchev–Trinajstić information content (AvgIpc) is 3.58. The predicted molar refractivity (Wildman–Crippen MR) is 131 cm³/mol. The number of hydrogen-bond donors (Lipinski definition) is 1. The van der Waals surface area contributed by atoms with E-state index >= 15 is 0 Å². The van der Waals surface area contributed by atoms with E-state index in [-0.39, 0.29) is 18.2 Å². The first-order valence-electron chi connectivity index (χ1n) is 11.9. The van der Waals surface area contributed by atoms with Crippen LogP contribution in [0.15, 0.2) is 35.7 Å². The molecule has 2 aromatic heterocycles. The lowest BCUT2D eigenvalue weighted by atomic mass is 9.80. The van der Waals surface area contributed by atoms with Crippen molar-refractivity contribution in [1.82, 2.24) is 14.8 Å². The van der Waals surface area contributed by atoms with E-state index in [1.165, 1.54) is 17.5 Å². The quantitative estimate of drug-likeness (QED) is 0.444. The second-order valence-electron chi connectivity index (χ2n) is 9.69. The maximum absolute atomic E-state index is 13.5. The molecule has 6 nitrogen and oxygen atoms in total. The number of aryl methyl sites for hydroxylation is 4. The van der Waals surface area contributed by atoms with Gasteiger partial charge in [-0.3, -0.25) is 14.5 Å². The van der Waals surface area contributed by atoms with Gasteiger partial charge in [0, 0.05) is 33.1 Å². The molecule has 0 saturated carbocycles. The molecule has 1 aliphatic heterocycles. The SMILES string of the molecule is Cc1cc(C(=O)CN2C(=O)N[C@@]3(CCCc4sccc43)C2=O)c(C)n1-c1ccc2c(c1)CCC2. The maximum Gasteiger partial charge on any atom is 0.325 e. The van der Waals surface area contributed by atoms with Crippen LogP contribution in [0.1, 0.15) is 62.6 Å². The molecular weight excluding hydrogens is 446 g/mol. The minimum Gasteiger partial charge on any atom is -0.319 e. The Morgan fingerprint density at radius 2 is 1.88 bits per heavy atom. The zero-order valence-corrected chi connectivity index (χ0v) is 20.3. The molecule has 3 heterocycles. The minimum atomic E-state index is -1.02. The fourth-order valence-corrected chi connectivity index (χ4v) is 7.05. The van der Waals surface area contributed by atoms with Gasteiger partial charge >= 0.3 is 6.03 Å². The summed E-state index contributed by atoms with van der Waals surface area (Å²) in [5.74, 6) is -0.528. The van der Waals surface area contributed by atoms with Crippen LogP contribution in [0.5, 0.6) is 0 Å². The molecule has 3 amide bonds. The summed E-state index contributed by atoms with van der Waals surface area (Å²) in [4.78, 5) is 42.0. The lowest BCUT2D eigenvalue weighted by molar-refractivity contribution is -0.131. The van der Waals surface area contributed by atoms with E-state index in [0.29, 0.717) is 12.0 Å². The number of urea groups is 1. The third-order valence-corrected chi connectivity index (χ3v) is 8.69. The van der Waals surface area contributed by atoms with Gasteiger partial charge in [0.25, 0.3) is 5.91 Å². The zero-order chi connectivity index (χ0) is 23.6. The van der Waals surface area contributed by atoms with E-state index < -0.39 is 11.6 Å². The largest absolute Gasteiger partial charge is 0.325 e. The number of rotatable bonds is 4. The van der Waals surface area contributed by atoms with Gasteiger partial charge in [-0.25, -0.2) is 4.79 Å². The molecule has 3 aliphatic rings. The van der Waals surface area contributed by atoms with Gasteiger partial charge in [-0.1, -0.05) is 6.07 Å². The summed E-state index contributed by atoms with van der Waals surface area (Å²) in [6.07, 6.45) is 5.73. The van der Waals surface area contributed by atoms with Crippen molar-refractivity contribution >= 4 is 29.1 Å². The van der Waals surface area contributed by atoms with Crippen LogP contribution < -0.4 is 5.32 Å². The maximum atomic E-state index is 13.5. The number of aromatic nitrogens is 1. The van der Waals surface area contributed by atoms with E-state index in [2.05, 4.69) is 28.1 Å². The number of thiophene rings is 1. The molecule has 1 aromatic carbocycles. The Bertz CT molecular complexity index is 1370. The molecule has 1 atom stereocenters. The van der Waals surface area contributed by atoms with Crippen LogP contribution in [-0.4, -0.2) is 33.7 Å². The second kappa shape index (κ2) is 7.67.